The predicted molar refractivity (Wildman–Crippen MR) is 130 cm³/mol. The fourth-order valence-electron chi connectivity index (χ4n) is 6.65. The van der Waals surface area contributed by atoms with Gasteiger partial charge in [0.05, 0.1) is 29.7 Å². The molecular formula is C24H42N4O5S. The van der Waals surface area contributed by atoms with Crippen LogP contribution in [0.2, 0.25) is 0 Å². The predicted octanol–water partition coefficient (Wildman–Crippen LogP) is 1.88. The summed E-state index contributed by atoms with van der Waals surface area (Å²) in [6.07, 6.45) is 3.91. The van der Waals surface area contributed by atoms with Gasteiger partial charge >= 0.3 is 6.09 Å². The van der Waals surface area contributed by atoms with Crippen molar-refractivity contribution in [1.82, 2.24) is 20.2 Å². The van der Waals surface area contributed by atoms with Crippen LogP contribution < -0.4 is 5.43 Å². The zero-order valence-electron chi connectivity index (χ0n) is 21.1. The highest BCUT2D eigenvalue weighted by molar-refractivity contribution is 7.91. The first-order valence-electron chi connectivity index (χ1n) is 13.0. The first-order chi connectivity index (χ1) is 16.0. The molecule has 3 saturated heterocycles. The van der Waals surface area contributed by atoms with Gasteiger partial charge in [0.1, 0.15) is 9.84 Å². The molecule has 4 aliphatic rings. The van der Waals surface area contributed by atoms with Gasteiger partial charge in [0.15, 0.2) is 0 Å². The van der Waals surface area contributed by atoms with E-state index < -0.39 is 9.84 Å². The Balaban J connectivity index is 1.39. The number of hydrogen-bond donors (Lipinski definition) is 1. The third-order valence-corrected chi connectivity index (χ3v) is 10.0. The second-order valence-corrected chi connectivity index (χ2v) is 13.5. The lowest BCUT2D eigenvalue weighted by molar-refractivity contribution is -0.142. The molecule has 0 aromatic heterocycles. The number of piperazine rings is 1. The number of sulfone groups is 1. The zero-order chi connectivity index (χ0) is 24.6. The summed E-state index contributed by atoms with van der Waals surface area (Å²) in [7, 11) is -2.83. The fraction of sp³-hybridized carbons (Fsp3) is 0.917. The molecule has 1 N–H and O–H groups in total. The Kier molecular flexibility index (Phi) is 7.79. The smallest absolute Gasteiger partial charge is 0.410 e. The van der Waals surface area contributed by atoms with Gasteiger partial charge in [0, 0.05) is 39.1 Å². The molecule has 5 atom stereocenters. The molecule has 0 radical (unpaired) electrons. The summed E-state index contributed by atoms with van der Waals surface area (Å²) in [6.45, 7) is 10.7. The fourth-order valence-corrected chi connectivity index (χ4v) is 8.24. The lowest BCUT2D eigenvalue weighted by Crippen LogP contribution is -2.67. The third kappa shape index (κ3) is 5.70. The average molecular weight is 499 g/mol. The van der Waals surface area contributed by atoms with Crippen LogP contribution in [-0.4, -0.2) is 97.1 Å². The van der Waals surface area contributed by atoms with E-state index in [1.54, 1.807) is 6.92 Å². The van der Waals surface area contributed by atoms with Crippen molar-refractivity contribution in [3.05, 3.63) is 0 Å². The highest BCUT2D eigenvalue weighted by atomic mass is 32.2. The maximum absolute atomic E-state index is 13.0. The summed E-state index contributed by atoms with van der Waals surface area (Å²) in [5.41, 5.74) is 3.55. The SMILES string of the molecule is CC(=O)N1C2CCC(C3CNN(CC4CCS(=O)(=O)CC4)C3)CC2N(C(=O)OC(C)C)C[C@@H]1C. The largest absolute Gasteiger partial charge is 0.447 e. The Morgan fingerprint density at radius 1 is 1.03 bits per heavy atom. The van der Waals surface area contributed by atoms with Crippen LogP contribution in [0.3, 0.4) is 0 Å². The van der Waals surface area contributed by atoms with Gasteiger partial charge in [-0.25, -0.2) is 18.2 Å². The molecule has 194 valence electrons. The molecule has 10 heteroatoms. The molecule has 4 fully saturated rings. The Bertz CT molecular complexity index is 851. The molecule has 3 aliphatic heterocycles. The number of rotatable bonds is 4. The first kappa shape index (κ1) is 25.7. The number of amides is 2. The maximum Gasteiger partial charge on any atom is 0.410 e. The molecular weight excluding hydrogens is 456 g/mol. The summed E-state index contributed by atoms with van der Waals surface area (Å²) in [5.74, 6) is 2.10. The van der Waals surface area contributed by atoms with Crippen LogP contribution in [0, 0.1) is 17.8 Å². The first-order valence-corrected chi connectivity index (χ1v) is 14.8. The van der Waals surface area contributed by atoms with Gasteiger partial charge in [-0.05, 0) is 70.6 Å². The second kappa shape index (κ2) is 10.3. The van der Waals surface area contributed by atoms with Crippen molar-refractivity contribution in [2.24, 2.45) is 17.8 Å². The number of carbonyl (C=O) groups is 2. The van der Waals surface area contributed by atoms with Gasteiger partial charge in [-0.3, -0.25) is 10.2 Å². The minimum atomic E-state index is -2.83. The zero-order valence-corrected chi connectivity index (χ0v) is 21.9. The minimum absolute atomic E-state index is 0.0114. The molecule has 2 amide bonds. The molecule has 0 bridgehead atoms. The number of ether oxygens (including phenoxy) is 1. The van der Waals surface area contributed by atoms with Crippen molar-refractivity contribution < 1.29 is 22.7 Å². The number of nitrogens with one attached hydrogen (secondary N) is 1. The van der Waals surface area contributed by atoms with E-state index in [-0.39, 0.29) is 36.2 Å². The summed E-state index contributed by atoms with van der Waals surface area (Å²) >= 11 is 0. The Labute approximate surface area is 204 Å². The monoisotopic (exact) mass is 498 g/mol. The van der Waals surface area contributed by atoms with E-state index in [0.717, 1.165) is 51.7 Å². The molecule has 4 rings (SSSR count). The van der Waals surface area contributed by atoms with Gasteiger partial charge < -0.3 is 14.5 Å². The van der Waals surface area contributed by atoms with Crippen molar-refractivity contribution in [2.75, 3.05) is 37.7 Å². The van der Waals surface area contributed by atoms with E-state index in [0.29, 0.717) is 35.8 Å². The molecule has 4 unspecified atom stereocenters. The molecule has 9 nitrogen and oxygen atoms in total. The van der Waals surface area contributed by atoms with Gasteiger partial charge in [0.25, 0.3) is 0 Å². The highest BCUT2D eigenvalue weighted by Crippen LogP contribution is 2.40. The Morgan fingerprint density at radius 2 is 1.74 bits per heavy atom. The van der Waals surface area contributed by atoms with E-state index in [1.165, 1.54) is 0 Å². The molecule has 1 aliphatic carbocycles. The number of fused-ring (bicyclic) bond motifs is 1. The topological polar surface area (TPSA) is 99.3 Å². The maximum atomic E-state index is 13.0. The van der Waals surface area contributed by atoms with Gasteiger partial charge in [-0.2, -0.15) is 0 Å². The van der Waals surface area contributed by atoms with Crippen LogP contribution in [0.25, 0.3) is 0 Å². The number of hydrazine groups is 1. The summed E-state index contributed by atoms with van der Waals surface area (Å²) in [5, 5.41) is 2.29. The minimum Gasteiger partial charge on any atom is -0.447 e. The van der Waals surface area contributed by atoms with Crippen molar-refractivity contribution >= 4 is 21.8 Å². The van der Waals surface area contributed by atoms with Gasteiger partial charge in [-0.15, -0.1) is 0 Å². The Hall–Kier alpha value is -1.39. The summed E-state index contributed by atoms with van der Waals surface area (Å²) < 4.78 is 29.1. The standard InChI is InChI=1S/C24H42N4O5S/c1-16(2)33-24(30)27-13-17(3)28(18(4)29)22-6-5-20(11-23(22)27)21-12-25-26(15-21)14-19-7-9-34(31,32)10-8-19/h16-17,19-23,25H,5-15H2,1-4H3/t17-,20?,21?,22?,23?/m0/s1. The van der Waals surface area contributed by atoms with E-state index in [4.69, 9.17) is 4.74 Å². The van der Waals surface area contributed by atoms with Crippen molar-refractivity contribution in [3.63, 3.8) is 0 Å². The second-order valence-electron chi connectivity index (χ2n) is 11.2. The van der Waals surface area contributed by atoms with Crippen molar-refractivity contribution in [1.29, 1.82) is 0 Å². The summed E-state index contributed by atoms with van der Waals surface area (Å²) in [6, 6.07) is 0.0209. The van der Waals surface area contributed by atoms with Crippen LogP contribution in [0.5, 0.6) is 0 Å². The van der Waals surface area contributed by atoms with Crippen LogP contribution in [0.15, 0.2) is 0 Å². The molecule has 34 heavy (non-hydrogen) atoms. The Morgan fingerprint density at radius 3 is 2.38 bits per heavy atom. The van der Waals surface area contributed by atoms with Crippen molar-refractivity contribution in [3.8, 4) is 0 Å². The summed E-state index contributed by atoms with van der Waals surface area (Å²) in [4.78, 5) is 29.3. The van der Waals surface area contributed by atoms with Crippen LogP contribution in [0.4, 0.5) is 4.79 Å². The number of hydrogen-bond acceptors (Lipinski definition) is 7. The molecule has 0 aromatic carbocycles. The molecule has 0 aromatic rings. The lowest BCUT2D eigenvalue weighted by atomic mass is 9.73. The lowest BCUT2D eigenvalue weighted by Gasteiger charge is -2.54. The van der Waals surface area contributed by atoms with Crippen LogP contribution in [-0.2, 0) is 19.4 Å². The van der Waals surface area contributed by atoms with E-state index in [2.05, 4.69) is 10.4 Å². The van der Waals surface area contributed by atoms with E-state index in [1.807, 2.05) is 30.6 Å². The van der Waals surface area contributed by atoms with Gasteiger partial charge in [0.2, 0.25) is 5.91 Å². The van der Waals surface area contributed by atoms with E-state index in [9.17, 15) is 18.0 Å². The van der Waals surface area contributed by atoms with E-state index >= 15 is 0 Å². The third-order valence-electron chi connectivity index (χ3n) is 8.30. The quantitative estimate of drug-likeness (QED) is 0.632. The molecule has 3 heterocycles. The normalized spacial score (nSPS) is 34.8. The van der Waals surface area contributed by atoms with Crippen molar-refractivity contribution in [2.45, 2.75) is 84.0 Å². The van der Waals surface area contributed by atoms with Crippen LogP contribution >= 0.6 is 0 Å². The highest BCUT2D eigenvalue weighted by Gasteiger charge is 2.48. The number of nitrogens with zero attached hydrogens (tertiary/aromatic N) is 3. The number of carbonyl (C=O) groups excluding carboxylic acids is 2. The van der Waals surface area contributed by atoms with Gasteiger partial charge in [-0.1, -0.05) is 0 Å². The van der Waals surface area contributed by atoms with Crippen LogP contribution in [0.1, 0.15) is 59.8 Å². The molecule has 0 spiro atoms. The molecule has 1 saturated carbocycles. The average Bonchev–Trinajstić information content (AvgIpc) is 3.22.